The Hall–Kier alpha value is -1.91. The minimum atomic E-state index is -1.55. The summed E-state index contributed by atoms with van der Waals surface area (Å²) in [7, 11) is 0. The van der Waals surface area contributed by atoms with E-state index >= 15 is 0 Å². The molecule has 5 nitrogen and oxygen atoms in total. The third-order valence-electron chi connectivity index (χ3n) is 3.36. The highest BCUT2D eigenvalue weighted by atomic mass is 16.6. The number of carbonyl (C=O) groups is 1. The molecule has 1 fully saturated rings. The van der Waals surface area contributed by atoms with Crippen molar-refractivity contribution in [2.75, 3.05) is 0 Å². The smallest absolute Gasteiger partial charge is 0.390 e. The van der Waals surface area contributed by atoms with Crippen molar-refractivity contribution in [3.63, 3.8) is 0 Å². The highest BCUT2D eigenvalue weighted by Gasteiger charge is 2.53. The van der Waals surface area contributed by atoms with Crippen LogP contribution in [0.3, 0.4) is 0 Å². The van der Waals surface area contributed by atoms with Gasteiger partial charge in [-0.1, -0.05) is 24.6 Å². The lowest BCUT2D eigenvalue weighted by atomic mass is 9.82. The Bertz CT molecular complexity index is 438. The molecule has 1 aliphatic rings. The number of rotatable bonds is 3. The molecule has 0 saturated heterocycles. The van der Waals surface area contributed by atoms with Crippen LogP contribution in [-0.2, 0) is 4.79 Å². The monoisotopic (exact) mass is 249 g/mol. The molecular weight excluding hydrogens is 234 g/mol. The number of nitro groups is 1. The zero-order valence-electron chi connectivity index (χ0n) is 10.0. The highest BCUT2D eigenvalue weighted by Crippen LogP contribution is 2.32. The van der Waals surface area contributed by atoms with Crippen LogP contribution in [0.5, 0.6) is 5.75 Å². The van der Waals surface area contributed by atoms with Crippen LogP contribution in [-0.4, -0.2) is 16.4 Å². The van der Waals surface area contributed by atoms with Crippen molar-refractivity contribution in [3.05, 3.63) is 40.4 Å². The lowest BCUT2D eigenvalue weighted by Crippen LogP contribution is -2.50. The van der Waals surface area contributed by atoms with Crippen LogP contribution in [0.25, 0.3) is 0 Å². The van der Waals surface area contributed by atoms with E-state index in [0.717, 1.165) is 6.42 Å². The van der Waals surface area contributed by atoms with Crippen LogP contribution >= 0.6 is 0 Å². The second-order valence-corrected chi connectivity index (χ2v) is 4.55. The van der Waals surface area contributed by atoms with Gasteiger partial charge in [0.2, 0.25) is 0 Å². The third kappa shape index (κ3) is 2.34. The molecule has 0 N–H and O–H groups in total. The second kappa shape index (κ2) is 5.16. The number of hydrogen-bond acceptors (Lipinski definition) is 4. The van der Waals surface area contributed by atoms with Gasteiger partial charge in [-0.15, -0.1) is 0 Å². The van der Waals surface area contributed by atoms with Crippen LogP contribution in [0, 0.1) is 10.1 Å². The van der Waals surface area contributed by atoms with Gasteiger partial charge >= 0.3 is 11.5 Å². The van der Waals surface area contributed by atoms with E-state index < -0.39 is 16.4 Å². The van der Waals surface area contributed by atoms with Crippen molar-refractivity contribution in [3.8, 4) is 5.75 Å². The van der Waals surface area contributed by atoms with Gasteiger partial charge in [0, 0.05) is 17.8 Å². The van der Waals surface area contributed by atoms with Gasteiger partial charge < -0.3 is 4.74 Å². The molecule has 2 rings (SSSR count). The van der Waals surface area contributed by atoms with E-state index in [1.54, 1.807) is 30.3 Å². The molecule has 0 bridgehead atoms. The first-order valence-corrected chi connectivity index (χ1v) is 6.07. The molecule has 18 heavy (non-hydrogen) atoms. The molecular formula is C13H15NO4. The fourth-order valence-corrected chi connectivity index (χ4v) is 2.29. The highest BCUT2D eigenvalue weighted by molar-refractivity contribution is 5.81. The molecule has 5 heteroatoms. The zero-order chi connectivity index (χ0) is 13.0. The van der Waals surface area contributed by atoms with Crippen LogP contribution in [0.2, 0.25) is 0 Å². The Kier molecular flexibility index (Phi) is 3.60. The van der Waals surface area contributed by atoms with Crippen molar-refractivity contribution in [2.24, 2.45) is 0 Å². The molecule has 96 valence electrons. The van der Waals surface area contributed by atoms with E-state index in [1.807, 2.05) is 0 Å². The zero-order valence-corrected chi connectivity index (χ0v) is 10.0. The number of benzene rings is 1. The van der Waals surface area contributed by atoms with Gasteiger partial charge in [0.25, 0.3) is 0 Å². The van der Waals surface area contributed by atoms with E-state index in [-0.39, 0.29) is 12.8 Å². The Morgan fingerprint density at radius 1 is 1.17 bits per heavy atom. The summed E-state index contributed by atoms with van der Waals surface area (Å²) in [5, 5.41) is 11.2. The van der Waals surface area contributed by atoms with Gasteiger partial charge in [0.05, 0.1) is 0 Å². The Morgan fingerprint density at radius 2 is 1.78 bits per heavy atom. The minimum absolute atomic E-state index is 0.270. The molecule has 0 aliphatic heterocycles. The van der Waals surface area contributed by atoms with E-state index in [2.05, 4.69) is 0 Å². The first-order chi connectivity index (χ1) is 8.65. The first-order valence-electron chi connectivity index (χ1n) is 6.07. The van der Waals surface area contributed by atoms with Crippen molar-refractivity contribution in [1.29, 1.82) is 0 Å². The maximum atomic E-state index is 12.1. The largest absolute Gasteiger partial charge is 0.421 e. The standard InChI is InChI=1S/C13H15NO4/c15-12(18-11-7-3-1-4-8-11)13(14(16)17)9-5-2-6-10-13/h1,3-4,7-8H,2,5-6,9-10H2. The number of hydrogen-bond donors (Lipinski definition) is 0. The normalized spacial score (nSPS) is 18.0. The second-order valence-electron chi connectivity index (χ2n) is 4.55. The average molecular weight is 249 g/mol. The topological polar surface area (TPSA) is 69.4 Å². The van der Waals surface area contributed by atoms with E-state index in [9.17, 15) is 14.9 Å². The molecule has 0 unspecified atom stereocenters. The Balaban J connectivity index is 2.16. The number of carbonyl (C=O) groups excluding carboxylic acids is 1. The molecule has 1 aromatic carbocycles. The maximum Gasteiger partial charge on any atom is 0.390 e. The predicted molar refractivity (Wildman–Crippen MR) is 64.9 cm³/mol. The van der Waals surface area contributed by atoms with Gasteiger partial charge in [0.1, 0.15) is 5.75 Å². The lowest BCUT2D eigenvalue weighted by Gasteiger charge is -2.26. The molecule has 0 aromatic heterocycles. The van der Waals surface area contributed by atoms with Gasteiger partial charge in [-0.25, -0.2) is 4.79 Å². The van der Waals surface area contributed by atoms with Crippen LogP contribution in [0.4, 0.5) is 0 Å². The summed E-state index contributed by atoms with van der Waals surface area (Å²) in [6.07, 6.45) is 2.88. The number of para-hydroxylation sites is 1. The van der Waals surface area contributed by atoms with Crippen LogP contribution in [0.15, 0.2) is 30.3 Å². The number of ether oxygens (including phenoxy) is 1. The fourth-order valence-electron chi connectivity index (χ4n) is 2.29. The summed E-state index contributed by atoms with van der Waals surface area (Å²) in [5.74, 6) is -0.382. The van der Waals surface area contributed by atoms with E-state index in [4.69, 9.17) is 4.74 Å². The molecule has 0 amide bonds. The van der Waals surface area contributed by atoms with Gasteiger partial charge in [-0.3, -0.25) is 10.1 Å². The van der Waals surface area contributed by atoms with Crippen molar-refractivity contribution in [2.45, 2.75) is 37.6 Å². The molecule has 0 radical (unpaired) electrons. The molecule has 1 saturated carbocycles. The Morgan fingerprint density at radius 3 is 2.33 bits per heavy atom. The van der Waals surface area contributed by atoms with Gasteiger partial charge in [0.15, 0.2) is 0 Å². The maximum absolute atomic E-state index is 12.1. The summed E-state index contributed by atoms with van der Waals surface area (Å²) in [4.78, 5) is 22.8. The van der Waals surface area contributed by atoms with Crippen molar-refractivity contribution in [1.82, 2.24) is 0 Å². The number of nitrogens with zero attached hydrogens (tertiary/aromatic N) is 1. The summed E-state index contributed by atoms with van der Waals surface area (Å²) in [6, 6.07) is 8.48. The molecule has 1 aromatic rings. The first kappa shape index (κ1) is 12.5. The van der Waals surface area contributed by atoms with Gasteiger partial charge in [-0.05, 0) is 25.0 Å². The molecule has 0 atom stereocenters. The van der Waals surface area contributed by atoms with Gasteiger partial charge in [-0.2, -0.15) is 0 Å². The summed E-state index contributed by atoms with van der Waals surface area (Å²) >= 11 is 0. The van der Waals surface area contributed by atoms with Crippen molar-refractivity contribution >= 4 is 5.97 Å². The predicted octanol–water partition coefficient (Wildman–Crippen LogP) is 2.57. The quantitative estimate of drug-likeness (QED) is 0.357. The third-order valence-corrected chi connectivity index (χ3v) is 3.36. The minimum Gasteiger partial charge on any atom is -0.421 e. The summed E-state index contributed by atoms with van der Waals surface area (Å²) in [6.45, 7) is 0. The SMILES string of the molecule is O=C(Oc1ccccc1)C1([N+](=O)[O-])CCCCC1. The van der Waals surface area contributed by atoms with Crippen molar-refractivity contribution < 1.29 is 14.5 Å². The molecule has 0 spiro atoms. The number of esters is 1. The Labute approximate surface area is 105 Å². The average Bonchev–Trinajstić information content (AvgIpc) is 2.40. The van der Waals surface area contributed by atoms with Crippen LogP contribution < -0.4 is 4.74 Å². The molecule has 0 heterocycles. The summed E-state index contributed by atoms with van der Waals surface area (Å²) in [5.41, 5.74) is -1.55. The summed E-state index contributed by atoms with van der Waals surface area (Å²) < 4.78 is 5.14. The fraction of sp³-hybridized carbons (Fsp3) is 0.462. The van der Waals surface area contributed by atoms with Crippen LogP contribution in [0.1, 0.15) is 32.1 Å². The van der Waals surface area contributed by atoms with E-state index in [0.29, 0.717) is 18.6 Å². The lowest BCUT2D eigenvalue weighted by molar-refractivity contribution is -0.559. The van der Waals surface area contributed by atoms with E-state index in [1.165, 1.54) is 0 Å². The molecule has 1 aliphatic carbocycles.